The Bertz CT molecular complexity index is 893. The maximum absolute atomic E-state index is 5.75. The van der Waals surface area contributed by atoms with Crippen LogP contribution in [0.5, 0.6) is 11.5 Å². The Labute approximate surface area is 145 Å². The SMILES string of the molecule is c1ccc([C@H]2C[C@@H](c3ccc4c(c3)OCCO4)n3ncnc3N2)cc1. The number of benzene rings is 2. The molecule has 2 atom stereocenters. The van der Waals surface area contributed by atoms with E-state index in [0.717, 1.165) is 29.4 Å². The molecule has 2 aliphatic heterocycles. The van der Waals surface area contributed by atoms with Crippen LogP contribution in [0.4, 0.5) is 5.95 Å². The zero-order valence-electron chi connectivity index (χ0n) is 13.6. The van der Waals surface area contributed by atoms with Crippen molar-refractivity contribution in [3.05, 3.63) is 66.0 Å². The van der Waals surface area contributed by atoms with E-state index in [1.54, 1.807) is 6.33 Å². The van der Waals surface area contributed by atoms with Crippen LogP contribution in [0.3, 0.4) is 0 Å². The second-order valence-electron chi connectivity index (χ2n) is 6.29. The van der Waals surface area contributed by atoms with Crippen LogP contribution < -0.4 is 14.8 Å². The first kappa shape index (κ1) is 14.3. The minimum absolute atomic E-state index is 0.0970. The highest BCUT2D eigenvalue weighted by Crippen LogP contribution is 2.40. The van der Waals surface area contributed by atoms with Crippen LogP contribution >= 0.6 is 0 Å². The van der Waals surface area contributed by atoms with Gasteiger partial charge in [0.1, 0.15) is 19.5 Å². The molecule has 0 spiro atoms. The summed E-state index contributed by atoms with van der Waals surface area (Å²) in [6.45, 7) is 1.19. The monoisotopic (exact) mass is 334 g/mol. The number of aromatic nitrogens is 3. The summed E-state index contributed by atoms with van der Waals surface area (Å²) in [4.78, 5) is 4.38. The van der Waals surface area contributed by atoms with Gasteiger partial charge in [-0.1, -0.05) is 36.4 Å². The number of fused-ring (bicyclic) bond motifs is 2. The molecular weight excluding hydrogens is 316 g/mol. The lowest BCUT2D eigenvalue weighted by molar-refractivity contribution is 0.171. The van der Waals surface area contributed by atoms with E-state index in [1.165, 1.54) is 5.56 Å². The zero-order chi connectivity index (χ0) is 16.6. The normalized spacial score (nSPS) is 21.3. The smallest absolute Gasteiger partial charge is 0.222 e. The van der Waals surface area contributed by atoms with Crippen molar-refractivity contribution in [2.45, 2.75) is 18.5 Å². The van der Waals surface area contributed by atoms with Crippen molar-refractivity contribution in [3.63, 3.8) is 0 Å². The van der Waals surface area contributed by atoms with Crippen molar-refractivity contribution in [3.8, 4) is 11.5 Å². The summed E-state index contributed by atoms with van der Waals surface area (Å²) in [5.41, 5.74) is 2.40. The minimum Gasteiger partial charge on any atom is -0.486 e. The number of nitrogens with one attached hydrogen (secondary N) is 1. The Hall–Kier alpha value is -3.02. The molecule has 6 heteroatoms. The number of anilines is 1. The molecule has 0 amide bonds. The Morgan fingerprint density at radius 1 is 0.960 bits per heavy atom. The molecule has 126 valence electrons. The van der Waals surface area contributed by atoms with Crippen LogP contribution in [0.25, 0.3) is 0 Å². The Balaban J connectivity index is 1.54. The van der Waals surface area contributed by atoms with Crippen molar-refractivity contribution in [1.82, 2.24) is 14.8 Å². The van der Waals surface area contributed by atoms with Gasteiger partial charge in [0.05, 0.1) is 12.1 Å². The fourth-order valence-corrected chi connectivity index (χ4v) is 3.57. The number of hydrogen-bond acceptors (Lipinski definition) is 5. The molecule has 1 N–H and O–H groups in total. The molecule has 6 nitrogen and oxygen atoms in total. The molecule has 0 saturated carbocycles. The molecule has 0 radical (unpaired) electrons. The summed E-state index contributed by atoms with van der Waals surface area (Å²) in [5, 5.41) is 7.91. The number of nitrogens with zero attached hydrogens (tertiary/aromatic N) is 3. The van der Waals surface area contributed by atoms with Gasteiger partial charge >= 0.3 is 0 Å². The lowest BCUT2D eigenvalue weighted by Crippen LogP contribution is -2.28. The zero-order valence-corrected chi connectivity index (χ0v) is 13.6. The number of hydrogen-bond donors (Lipinski definition) is 1. The highest BCUT2D eigenvalue weighted by atomic mass is 16.6. The van der Waals surface area contributed by atoms with Crippen LogP contribution in [-0.4, -0.2) is 28.0 Å². The van der Waals surface area contributed by atoms with Crippen molar-refractivity contribution < 1.29 is 9.47 Å². The van der Waals surface area contributed by atoms with Gasteiger partial charge in [0.2, 0.25) is 5.95 Å². The van der Waals surface area contributed by atoms with Gasteiger partial charge in [-0.2, -0.15) is 10.1 Å². The van der Waals surface area contributed by atoms with Crippen LogP contribution in [0, 0.1) is 0 Å². The van der Waals surface area contributed by atoms with Gasteiger partial charge in [-0.25, -0.2) is 4.68 Å². The average Bonchev–Trinajstić information content (AvgIpc) is 3.16. The molecule has 5 rings (SSSR count). The van der Waals surface area contributed by atoms with Crippen LogP contribution in [0.2, 0.25) is 0 Å². The fraction of sp³-hybridized carbons (Fsp3) is 0.263. The van der Waals surface area contributed by atoms with Gasteiger partial charge in [0, 0.05) is 0 Å². The highest BCUT2D eigenvalue weighted by molar-refractivity contribution is 5.46. The molecule has 0 unspecified atom stereocenters. The Morgan fingerprint density at radius 3 is 2.68 bits per heavy atom. The summed E-state index contributed by atoms with van der Waals surface area (Å²) in [6, 6.07) is 16.9. The quantitative estimate of drug-likeness (QED) is 0.780. The lowest BCUT2D eigenvalue weighted by Gasteiger charge is -2.32. The van der Waals surface area contributed by atoms with E-state index in [4.69, 9.17) is 9.47 Å². The molecule has 3 aromatic rings. The molecule has 0 bridgehead atoms. The summed E-state index contributed by atoms with van der Waals surface area (Å²) >= 11 is 0. The second kappa shape index (κ2) is 5.81. The summed E-state index contributed by atoms with van der Waals surface area (Å²) < 4.78 is 13.3. The maximum atomic E-state index is 5.75. The first-order valence-corrected chi connectivity index (χ1v) is 8.49. The molecule has 0 aliphatic carbocycles. The van der Waals surface area contributed by atoms with E-state index in [2.05, 4.69) is 51.8 Å². The molecule has 2 aliphatic rings. The summed E-state index contributed by atoms with van der Waals surface area (Å²) in [6.07, 6.45) is 2.49. The largest absolute Gasteiger partial charge is 0.486 e. The van der Waals surface area contributed by atoms with E-state index < -0.39 is 0 Å². The van der Waals surface area contributed by atoms with Gasteiger partial charge in [-0.3, -0.25) is 0 Å². The highest BCUT2D eigenvalue weighted by Gasteiger charge is 2.30. The molecular formula is C19H18N4O2. The molecule has 0 fully saturated rings. The van der Waals surface area contributed by atoms with Crippen LogP contribution in [0.15, 0.2) is 54.9 Å². The first-order chi connectivity index (χ1) is 12.4. The van der Waals surface area contributed by atoms with Gasteiger partial charge in [-0.05, 0) is 29.7 Å². The third-order valence-corrected chi connectivity index (χ3v) is 4.78. The predicted octanol–water partition coefficient (Wildman–Crippen LogP) is 3.20. The van der Waals surface area contributed by atoms with Crippen molar-refractivity contribution >= 4 is 5.95 Å². The minimum atomic E-state index is 0.0970. The van der Waals surface area contributed by atoms with Crippen molar-refractivity contribution in [1.29, 1.82) is 0 Å². The Kier molecular flexibility index (Phi) is 3.33. The van der Waals surface area contributed by atoms with Gasteiger partial charge in [0.25, 0.3) is 0 Å². The lowest BCUT2D eigenvalue weighted by atomic mass is 9.93. The maximum Gasteiger partial charge on any atom is 0.222 e. The first-order valence-electron chi connectivity index (χ1n) is 8.49. The Morgan fingerprint density at radius 2 is 1.80 bits per heavy atom. The predicted molar refractivity (Wildman–Crippen MR) is 93.0 cm³/mol. The van der Waals surface area contributed by atoms with Crippen LogP contribution in [0.1, 0.15) is 29.6 Å². The fourth-order valence-electron chi connectivity index (χ4n) is 3.57. The third kappa shape index (κ3) is 2.50. The molecule has 2 aromatic carbocycles. The molecule has 1 aromatic heterocycles. The van der Waals surface area contributed by atoms with Gasteiger partial charge < -0.3 is 14.8 Å². The van der Waals surface area contributed by atoms with Gasteiger partial charge in [-0.15, -0.1) is 0 Å². The van der Waals surface area contributed by atoms with Crippen molar-refractivity contribution in [2.75, 3.05) is 18.5 Å². The van der Waals surface area contributed by atoms with E-state index in [0.29, 0.717) is 13.2 Å². The van der Waals surface area contributed by atoms with Crippen molar-refractivity contribution in [2.24, 2.45) is 0 Å². The van der Waals surface area contributed by atoms with Gasteiger partial charge in [0.15, 0.2) is 11.5 Å². The molecule has 25 heavy (non-hydrogen) atoms. The van der Waals surface area contributed by atoms with E-state index in [1.807, 2.05) is 16.8 Å². The topological polar surface area (TPSA) is 61.2 Å². The second-order valence-corrected chi connectivity index (χ2v) is 6.29. The third-order valence-electron chi connectivity index (χ3n) is 4.78. The number of rotatable bonds is 2. The molecule has 0 saturated heterocycles. The summed E-state index contributed by atoms with van der Waals surface area (Å²) in [7, 11) is 0. The number of ether oxygens (including phenoxy) is 2. The standard InChI is InChI=1S/C19H18N4O2/c1-2-4-13(5-3-1)15-11-16(23-19(22-15)20-12-21-23)14-6-7-17-18(10-14)25-9-8-24-17/h1-7,10,12,15-16H,8-9,11H2,(H,20,21,22)/t15-,16+/m1/s1. The summed E-state index contributed by atoms with van der Waals surface area (Å²) in [5.74, 6) is 2.41. The van der Waals surface area contributed by atoms with Crippen LogP contribution in [-0.2, 0) is 0 Å². The van der Waals surface area contributed by atoms with E-state index >= 15 is 0 Å². The molecule has 3 heterocycles. The van der Waals surface area contributed by atoms with E-state index in [9.17, 15) is 0 Å². The average molecular weight is 334 g/mol. The van der Waals surface area contributed by atoms with E-state index in [-0.39, 0.29) is 12.1 Å².